The van der Waals surface area contributed by atoms with Gasteiger partial charge in [-0.3, -0.25) is 0 Å². The zero-order chi connectivity index (χ0) is 9.35. The minimum atomic E-state index is -4.38. The number of hydrogen-bond acceptors (Lipinski definition) is 1. The van der Waals surface area contributed by atoms with Gasteiger partial charge in [0.15, 0.2) is 0 Å². The fourth-order valence-electron chi connectivity index (χ4n) is 0.662. The molecule has 0 spiro atoms. The summed E-state index contributed by atoms with van der Waals surface area (Å²) < 4.78 is 36.5. The monoisotopic (exact) mass is 257 g/mol. The Morgan fingerprint density at radius 1 is 1.33 bits per heavy atom. The molecule has 0 aliphatic carbocycles. The minimum Gasteiger partial charge on any atom is -0.346 e. The maximum Gasteiger partial charge on any atom is 0.431 e. The van der Waals surface area contributed by atoms with Crippen LogP contribution in [0.3, 0.4) is 0 Å². The van der Waals surface area contributed by atoms with Crippen LogP contribution in [0.25, 0.3) is 0 Å². The molecule has 1 N–H and O–H groups in total. The van der Waals surface area contributed by atoms with E-state index in [1.165, 1.54) is 6.07 Å². The van der Waals surface area contributed by atoms with Crippen LogP contribution in [0, 0.1) is 4.51 Å². The standard InChI is InChI=1S/C6H3BrF3NS/c7-5-2-3(12)1-4(11-5)6(8,9)10/h1-2H,(H,11,12). The predicted octanol–water partition coefficient (Wildman–Crippen LogP) is 3.53. The van der Waals surface area contributed by atoms with Gasteiger partial charge in [-0.2, -0.15) is 13.2 Å². The summed E-state index contributed by atoms with van der Waals surface area (Å²) in [6, 6.07) is 2.27. The molecule has 1 rings (SSSR count). The molecule has 1 aromatic rings. The lowest BCUT2D eigenvalue weighted by molar-refractivity contribution is -0.141. The maximum absolute atomic E-state index is 12.0. The van der Waals surface area contributed by atoms with Crippen molar-refractivity contribution < 1.29 is 13.2 Å². The zero-order valence-corrected chi connectivity index (χ0v) is 7.98. The van der Waals surface area contributed by atoms with Crippen molar-refractivity contribution in [2.75, 3.05) is 0 Å². The Hall–Kier alpha value is -0.360. The third-order valence-corrected chi connectivity index (χ3v) is 1.78. The molecule has 1 nitrogen and oxygen atoms in total. The summed E-state index contributed by atoms with van der Waals surface area (Å²) in [7, 11) is 0. The molecule has 0 saturated heterocycles. The lowest BCUT2D eigenvalue weighted by Gasteiger charge is -2.06. The molecular formula is C6H3BrF3NS. The van der Waals surface area contributed by atoms with Crippen LogP contribution in [0.15, 0.2) is 16.7 Å². The summed E-state index contributed by atoms with van der Waals surface area (Å²) in [6.45, 7) is 0. The number of nitrogens with one attached hydrogen (secondary N) is 1. The number of hydrogen-bond donors (Lipinski definition) is 1. The lowest BCUT2D eigenvalue weighted by atomic mass is 10.3. The molecule has 1 aromatic heterocycles. The van der Waals surface area contributed by atoms with E-state index >= 15 is 0 Å². The molecule has 0 saturated carbocycles. The second-order valence-corrected chi connectivity index (χ2v) is 3.40. The van der Waals surface area contributed by atoms with Gasteiger partial charge in [-0.05, 0) is 28.1 Å². The van der Waals surface area contributed by atoms with E-state index in [1.54, 1.807) is 0 Å². The Balaban J connectivity index is 3.27. The van der Waals surface area contributed by atoms with Gasteiger partial charge in [0.1, 0.15) is 5.69 Å². The van der Waals surface area contributed by atoms with E-state index in [2.05, 4.69) is 33.1 Å². The van der Waals surface area contributed by atoms with Crippen molar-refractivity contribution in [2.45, 2.75) is 6.18 Å². The van der Waals surface area contributed by atoms with Crippen molar-refractivity contribution in [1.82, 2.24) is 4.98 Å². The SMILES string of the molecule is FC(F)(F)c1cc(=S)cc(Br)[nH]1. The number of aromatic amines is 1. The molecule has 0 unspecified atom stereocenters. The molecule has 66 valence electrons. The van der Waals surface area contributed by atoms with E-state index in [0.29, 0.717) is 0 Å². The topological polar surface area (TPSA) is 15.8 Å². The number of rotatable bonds is 0. The Morgan fingerprint density at radius 3 is 2.33 bits per heavy atom. The molecule has 0 radical (unpaired) electrons. The Kier molecular flexibility index (Phi) is 2.58. The van der Waals surface area contributed by atoms with Crippen LogP contribution >= 0.6 is 28.1 Å². The first-order chi connectivity index (χ1) is 5.39. The summed E-state index contributed by atoms with van der Waals surface area (Å²) in [4.78, 5) is 2.11. The number of aromatic nitrogens is 1. The second-order valence-electron chi connectivity index (χ2n) is 2.08. The highest BCUT2D eigenvalue weighted by Crippen LogP contribution is 2.28. The van der Waals surface area contributed by atoms with Gasteiger partial charge in [-0.25, -0.2) is 0 Å². The maximum atomic E-state index is 12.0. The highest BCUT2D eigenvalue weighted by Gasteiger charge is 2.31. The van der Waals surface area contributed by atoms with Crippen LogP contribution in [-0.2, 0) is 6.18 Å². The highest BCUT2D eigenvalue weighted by molar-refractivity contribution is 9.10. The predicted molar refractivity (Wildman–Crippen MR) is 44.3 cm³/mol. The molecule has 0 amide bonds. The number of H-pyrrole nitrogens is 1. The molecule has 6 heteroatoms. The van der Waals surface area contributed by atoms with Gasteiger partial charge in [0, 0.05) is 4.51 Å². The van der Waals surface area contributed by atoms with Gasteiger partial charge in [-0.1, -0.05) is 12.2 Å². The number of alkyl halides is 3. The number of pyridine rings is 1. The van der Waals surface area contributed by atoms with Crippen molar-refractivity contribution in [3.05, 3.63) is 26.9 Å². The van der Waals surface area contributed by atoms with E-state index in [1.807, 2.05) is 0 Å². The molecule has 0 aliphatic rings. The average Bonchev–Trinajstić information content (AvgIpc) is 1.82. The summed E-state index contributed by atoms with van der Waals surface area (Å²) in [6.07, 6.45) is -4.38. The molecule has 0 atom stereocenters. The first-order valence-corrected chi connectivity index (χ1v) is 4.07. The molecule has 12 heavy (non-hydrogen) atoms. The second kappa shape index (κ2) is 3.18. The first-order valence-electron chi connectivity index (χ1n) is 2.86. The van der Waals surface area contributed by atoms with Crippen LogP contribution in [0.4, 0.5) is 13.2 Å². The minimum absolute atomic E-state index is 0.146. The molecule has 0 fully saturated rings. The van der Waals surface area contributed by atoms with Crippen LogP contribution in [0.2, 0.25) is 0 Å². The quantitative estimate of drug-likeness (QED) is 0.556. The van der Waals surface area contributed by atoms with Crippen LogP contribution in [-0.4, -0.2) is 4.98 Å². The van der Waals surface area contributed by atoms with Crippen molar-refractivity contribution in [3.63, 3.8) is 0 Å². The highest BCUT2D eigenvalue weighted by atomic mass is 79.9. The van der Waals surface area contributed by atoms with E-state index in [4.69, 9.17) is 0 Å². The Labute approximate surface area is 79.7 Å². The molecule has 0 bridgehead atoms. The van der Waals surface area contributed by atoms with Gasteiger partial charge in [-0.15, -0.1) is 0 Å². The van der Waals surface area contributed by atoms with E-state index < -0.39 is 11.9 Å². The van der Waals surface area contributed by atoms with E-state index in [-0.39, 0.29) is 9.11 Å². The summed E-state index contributed by atoms with van der Waals surface area (Å²) in [5.41, 5.74) is -0.845. The molecule has 0 aromatic carbocycles. The van der Waals surface area contributed by atoms with Gasteiger partial charge >= 0.3 is 6.18 Å². The van der Waals surface area contributed by atoms with Crippen molar-refractivity contribution >= 4 is 28.1 Å². The van der Waals surface area contributed by atoms with E-state index in [9.17, 15) is 13.2 Å². The number of halogens is 4. The van der Waals surface area contributed by atoms with E-state index in [0.717, 1.165) is 6.07 Å². The third-order valence-electron chi connectivity index (χ3n) is 1.12. The van der Waals surface area contributed by atoms with Gasteiger partial charge in [0.2, 0.25) is 0 Å². The first kappa shape index (κ1) is 9.73. The smallest absolute Gasteiger partial charge is 0.346 e. The van der Waals surface area contributed by atoms with Gasteiger partial charge < -0.3 is 4.98 Å². The molecule has 0 aliphatic heterocycles. The third kappa shape index (κ3) is 2.31. The summed E-state index contributed by atoms with van der Waals surface area (Å²) in [5.74, 6) is 0. The van der Waals surface area contributed by atoms with Crippen molar-refractivity contribution in [3.8, 4) is 0 Å². The Morgan fingerprint density at radius 2 is 1.92 bits per heavy atom. The summed E-state index contributed by atoms with van der Waals surface area (Å²) in [5, 5.41) is 0. The van der Waals surface area contributed by atoms with Gasteiger partial charge in [0.25, 0.3) is 0 Å². The average molecular weight is 258 g/mol. The van der Waals surface area contributed by atoms with Crippen LogP contribution < -0.4 is 0 Å². The van der Waals surface area contributed by atoms with Crippen LogP contribution in [0.1, 0.15) is 5.69 Å². The summed E-state index contributed by atoms with van der Waals surface area (Å²) >= 11 is 7.49. The molecular weight excluding hydrogens is 255 g/mol. The Bertz CT molecular complexity index is 343. The van der Waals surface area contributed by atoms with Gasteiger partial charge in [0.05, 0.1) is 4.60 Å². The zero-order valence-electron chi connectivity index (χ0n) is 5.57. The van der Waals surface area contributed by atoms with Crippen molar-refractivity contribution in [2.24, 2.45) is 0 Å². The van der Waals surface area contributed by atoms with Crippen molar-refractivity contribution in [1.29, 1.82) is 0 Å². The fraction of sp³-hybridized carbons (Fsp3) is 0.167. The fourth-order valence-corrected chi connectivity index (χ4v) is 1.51. The largest absolute Gasteiger partial charge is 0.431 e. The van der Waals surface area contributed by atoms with Crippen LogP contribution in [0.5, 0.6) is 0 Å². The lowest BCUT2D eigenvalue weighted by Crippen LogP contribution is -2.07. The molecule has 1 heterocycles. The normalized spacial score (nSPS) is 11.7.